The number of halogens is 3. The van der Waals surface area contributed by atoms with Gasteiger partial charge >= 0.3 is 18.1 Å². The van der Waals surface area contributed by atoms with Crippen molar-refractivity contribution in [1.82, 2.24) is 5.16 Å². The molecule has 0 aliphatic carbocycles. The maximum Gasteiger partial charge on any atom is 0.490 e. The third-order valence-corrected chi connectivity index (χ3v) is 6.98. The second-order valence-electron chi connectivity index (χ2n) is 8.50. The summed E-state index contributed by atoms with van der Waals surface area (Å²) in [5, 5.41) is 20.8. The van der Waals surface area contributed by atoms with Crippen molar-refractivity contribution in [3.8, 4) is 0 Å². The predicted octanol–water partition coefficient (Wildman–Crippen LogP) is 4.31. The van der Waals surface area contributed by atoms with Crippen LogP contribution in [0.15, 0.2) is 51.9 Å². The Labute approximate surface area is 227 Å². The summed E-state index contributed by atoms with van der Waals surface area (Å²) in [5.41, 5.74) is 2.68. The fourth-order valence-electron chi connectivity index (χ4n) is 3.45. The van der Waals surface area contributed by atoms with E-state index in [2.05, 4.69) is 9.88 Å². The van der Waals surface area contributed by atoms with Crippen molar-refractivity contribution in [2.75, 3.05) is 23.2 Å². The minimum atomic E-state index is -5.08. The molecule has 3 N–H and O–H groups in total. The highest BCUT2D eigenvalue weighted by Gasteiger charge is 2.38. The highest BCUT2D eigenvalue weighted by Crippen LogP contribution is 2.26. The van der Waals surface area contributed by atoms with Crippen LogP contribution in [0.25, 0.3) is 0 Å². The van der Waals surface area contributed by atoms with E-state index in [0.29, 0.717) is 24.2 Å². The van der Waals surface area contributed by atoms with Crippen LogP contribution in [-0.2, 0) is 21.2 Å². The molecule has 11 nitrogen and oxygen atoms in total. The van der Waals surface area contributed by atoms with Gasteiger partial charge in [-0.1, -0.05) is 17.3 Å². The van der Waals surface area contributed by atoms with E-state index in [0.717, 1.165) is 17.0 Å². The Morgan fingerprint density at radius 1 is 1.05 bits per heavy atom. The molecule has 0 fully saturated rings. The molecule has 0 unspecified atom stereocenters. The lowest BCUT2D eigenvalue weighted by atomic mass is 10.1. The van der Waals surface area contributed by atoms with Crippen molar-refractivity contribution in [1.29, 1.82) is 0 Å². The summed E-state index contributed by atoms with van der Waals surface area (Å²) in [4.78, 5) is 33.9. The smallest absolute Gasteiger partial charge is 0.478 e. The van der Waals surface area contributed by atoms with Crippen molar-refractivity contribution in [3.63, 3.8) is 0 Å². The predicted molar refractivity (Wildman–Crippen MR) is 137 cm³/mol. The van der Waals surface area contributed by atoms with Crippen LogP contribution in [0, 0.1) is 13.8 Å². The number of ketones is 1. The molecule has 15 heteroatoms. The van der Waals surface area contributed by atoms with E-state index in [4.69, 9.17) is 14.4 Å². The number of carbonyl (C=O) groups excluding carboxylic acids is 1. The molecule has 2 aromatic carbocycles. The SMILES string of the molecule is CC(=O)c1ccc(S(=O)(=O)Nc2ccc(N(C)CCc3c(C)noc3C)c(C(=O)O)c2)cc1.O=C(O)C(F)(F)F. The number of aromatic carboxylic acids is 1. The van der Waals surface area contributed by atoms with Crippen molar-refractivity contribution in [2.45, 2.75) is 38.3 Å². The number of nitrogens with zero attached hydrogens (tertiary/aromatic N) is 2. The average Bonchev–Trinajstić information content (AvgIpc) is 3.18. The van der Waals surface area contributed by atoms with E-state index in [1.165, 1.54) is 43.3 Å². The van der Waals surface area contributed by atoms with Crippen LogP contribution < -0.4 is 9.62 Å². The Kier molecular flexibility index (Phi) is 10.1. The number of sulfonamides is 1. The van der Waals surface area contributed by atoms with Crippen LogP contribution in [0.2, 0.25) is 0 Å². The lowest BCUT2D eigenvalue weighted by Crippen LogP contribution is -2.23. The van der Waals surface area contributed by atoms with Gasteiger partial charge in [0.05, 0.1) is 21.8 Å². The molecule has 40 heavy (non-hydrogen) atoms. The van der Waals surface area contributed by atoms with Gasteiger partial charge in [-0.05, 0) is 57.5 Å². The van der Waals surface area contributed by atoms with Crippen molar-refractivity contribution in [3.05, 3.63) is 70.6 Å². The zero-order valence-electron chi connectivity index (χ0n) is 21.7. The lowest BCUT2D eigenvalue weighted by Gasteiger charge is -2.22. The zero-order valence-corrected chi connectivity index (χ0v) is 22.6. The number of rotatable bonds is 9. The number of benzene rings is 2. The molecule has 0 atom stereocenters. The lowest BCUT2D eigenvalue weighted by molar-refractivity contribution is -0.192. The van der Waals surface area contributed by atoms with Gasteiger partial charge in [0.15, 0.2) is 5.78 Å². The number of aliphatic carboxylic acids is 1. The normalized spacial score (nSPS) is 11.3. The molecule has 0 saturated heterocycles. The van der Waals surface area contributed by atoms with Crippen LogP contribution in [-0.4, -0.2) is 61.3 Å². The number of aryl methyl sites for hydroxylation is 2. The minimum Gasteiger partial charge on any atom is -0.478 e. The van der Waals surface area contributed by atoms with E-state index in [-0.39, 0.29) is 21.9 Å². The van der Waals surface area contributed by atoms with Crippen molar-refractivity contribution in [2.24, 2.45) is 0 Å². The number of hydrogen-bond donors (Lipinski definition) is 3. The number of anilines is 2. The van der Waals surface area contributed by atoms with Gasteiger partial charge in [-0.15, -0.1) is 0 Å². The molecule has 0 amide bonds. The fraction of sp³-hybridized carbons (Fsp3) is 0.280. The van der Waals surface area contributed by atoms with E-state index in [1.807, 2.05) is 13.8 Å². The Morgan fingerprint density at radius 2 is 1.62 bits per heavy atom. The van der Waals surface area contributed by atoms with Gasteiger partial charge in [-0.2, -0.15) is 13.2 Å². The van der Waals surface area contributed by atoms with Gasteiger partial charge in [0, 0.05) is 30.4 Å². The van der Waals surface area contributed by atoms with Crippen LogP contribution in [0.3, 0.4) is 0 Å². The van der Waals surface area contributed by atoms with Gasteiger partial charge in [-0.3, -0.25) is 9.52 Å². The molecule has 0 saturated carbocycles. The van der Waals surface area contributed by atoms with Gasteiger partial charge in [0.25, 0.3) is 10.0 Å². The Morgan fingerprint density at radius 3 is 2.08 bits per heavy atom. The summed E-state index contributed by atoms with van der Waals surface area (Å²) in [6.45, 7) is 5.58. The third-order valence-electron chi connectivity index (χ3n) is 5.58. The van der Waals surface area contributed by atoms with Crippen LogP contribution in [0.5, 0.6) is 0 Å². The molecule has 3 aromatic rings. The second kappa shape index (κ2) is 12.6. The summed E-state index contributed by atoms with van der Waals surface area (Å²) < 4.78 is 64.7. The molecule has 0 aliphatic rings. The first-order valence-electron chi connectivity index (χ1n) is 11.4. The standard InChI is InChI=1S/C23H25N3O6S.C2HF3O2/c1-14-20(16(3)32-24-14)11-12-26(4)22-10-7-18(13-21(22)23(28)29)25-33(30,31)19-8-5-17(6-9-19)15(2)27;3-2(4,5)1(6)7/h5-10,13,25H,11-12H2,1-4H3,(H,28,29);(H,6,7). The average molecular weight is 586 g/mol. The highest BCUT2D eigenvalue weighted by molar-refractivity contribution is 7.92. The number of Topliss-reactive ketones (excluding diaryl/α,β-unsaturated/α-hetero) is 1. The highest BCUT2D eigenvalue weighted by atomic mass is 32.2. The summed E-state index contributed by atoms with van der Waals surface area (Å²) >= 11 is 0. The van der Waals surface area contributed by atoms with Crippen LogP contribution in [0.4, 0.5) is 24.5 Å². The largest absolute Gasteiger partial charge is 0.490 e. The molecule has 216 valence electrons. The molecule has 3 rings (SSSR count). The Balaban J connectivity index is 0.000000708. The monoisotopic (exact) mass is 585 g/mol. The number of carboxylic acid groups (broad SMARTS) is 2. The number of aromatic nitrogens is 1. The van der Waals surface area contributed by atoms with Crippen molar-refractivity contribution >= 4 is 39.1 Å². The van der Waals surface area contributed by atoms with Gasteiger partial charge in [-0.25, -0.2) is 18.0 Å². The third kappa shape index (κ3) is 8.30. The Hall–Kier alpha value is -4.40. The molecule has 1 heterocycles. The van der Waals surface area contributed by atoms with E-state index in [1.54, 1.807) is 18.0 Å². The first-order valence-corrected chi connectivity index (χ1v) is 12.9. The summed E-state index contributed by atoms with van der Waals surface area (Å²) in [5.74, 6) is -3.39. The zero-order chi connectivity index (χ0) is 30.4. The first kappa shape index (κ1) is 31.8. The first-order chi connectivity index (χ1) is 18.4. The number of hydrogen-bond acceptors (Lipinski definition) is 8. The summed E-state index contributed by atoms with van der Waals surface area (Å²) in [6, 6.07) is 9.87. The molecular weight excluding hydrogens is 559 g/mol. The van der Waals surface area contributed by atoms with Crippen molar-refractivity contribution < 1.29 is 50.7 Å². The van der Waals surface area contributed by atoms with Gasteiger partial charge in [0.2, 0.25) is 0 Å². The molecule has 0 spiro atoms. The molecular formula is C25H26F3N3O8S. The topological polar surface area (TPSA) is 167 Å². The number of carbonyl (C=O) groups is 3. The van der Waals surface area contributed by atoms with E-state index in [9.17, 15) is 36.3 Å². The second-order valence-corrected chi connectivity index (χ2v) is 10.2. The molecule has 0 aliphatic heterocycles. The van der Waals surface area contributed by atoms with Crippen LogP contribution >= 0.6 is 0 Å². The summed E-state index contributed by atoms with van der Waals surface area (Å²) in [7, 11) is -2.20. The molecule has 0 bridgehead atoms. The van der Waals surface area contributed by atoms with E-state index < -0.39 is 28.1 Å². The quantitative estimate of drug-likeness (QED) is 0.308. The maximum absolute atomic E-state index is 12.7. The summed E-state index contributed by atoms with van der Waals surface area (Å²) in [6.07, 6.45) is -4.47. The molecule has 0 radical (unpaired) electrons. The number of nitrogens with one attached hydrogen (secondary N) is 1. The number of likely N-dealkylation sites (N-methyl/N-ethyl adjacent to an activating group) is 1. The maximum atomic E-state index is 12.7. The van der Waals surface area contributed by atoms with Gasteiger partial charge in [0.1, 0.15) is 5.76 Å². The number of carboxylic acids is 2. The fourth-order valence-corrected chi connectivity index (χ4v) is 4.49. The number of alkyl halides is 3. The van der Waals surface area contributed by atoms with Gasteiger partial charge < -0.3 is 19.6 Å². The Bertz CT molecular complexity index is 1480. The van der Waals surface area contributed by atoms with Crippen LogP contribution in [0.1, 0.15) is 44.7 Å². The minimum absolute atomic E-state index is 0.0370. The van der Waals surface area contributed by atoms with E-state index >= 15 is 0 Å². The molecule has 1 aromatic heterocycles.